The molecule has 1 unspecified atom stereocenters. The number of hydrogen-bond donors (Lipinski definition) is 0. The number of carbonyl (C=O) groups excluding carboxylic acids is 3. The summed E-state index contributed by atoms with van der Waals surface area (Å²) in [6, 6.07) is 0. The van der Waals surface area contributed by atoms with Gasteiger partial charge < -0.3 is 14.2 Å². The van der Waals surface area contributed by atoms with E-state index in [2.05, 4.69) is 106 Å². The lowest BCUT2D eigenvalue weighted by molar-refractivity contribution is -0.167. The molecule has 0 saturated heterocycles. The Morgan fingerprint density at radius 3 is 0.765 bits per heavy atom. The summed E-state index contributed by atoms with van der Waals surface area (Å²) >= 11 is 0. The fraction of sp³-hybridized carbons (Fsp3) is 0.773. The Kier molecular flexibility index (Phi) is 66.2. The lowest BCUT2D eigenvalue weighted by Crippen LogP contribution is -2.30. The first-order valence-electron chi connectivity index (χ1n) is 35.1. The van der Waals surface area contributed by atoms with Crippen molar-refractivity contribution in [2.75, 3.05) is 13.2 Å². The normalized spacial score (nSPS) is 12.6. The molecule has 0 aliphatic rings. The first kappa shape index (κ1) is 77.6. The van der Waals surface area contributed by atoms with Crippen molar-refractivity contribution in [3.63, 3.8) is 0 Å². The van der Waals surface area contributed by atoms with Crippen LogP contribution in [0.1, 0.15) is 355 Å². The molecule has 0 bridgehead atoms. The molecule has 1 atom stereocenters. The summed E-state index contributed by atoms with van der Waals surface area (Å²) in [6.07, 6.45) is 91.8. The third-order valence-electron chi connectivity index (χ3n) is 15.4. The number of ether oxygens (including phenoxy) is 3. The van der Waals surface area contributed by atoms with Crippen LogP contribution in [0.2, 0.25) is 0 Å². The zero-order valence-electron chi connectivity index (χ0n) is 53.8. The third-order valence-corrected chi connectivity index (χ3v) is 15.4. The van der Waals surface area contributed by atoms with Crippen LogP contribution in [0.15, 0.2) is 85.1 Å². The van der Waals surface area contributed by atoms with Crippen LogP contribution >= 0.6 is 0 Å². The van der Waals surface area contributed by atoms with Crippen molar-refractivity contribution in [1.82, 2.24) is 0 Å². The van der Waals surface area contributed by atoms with Gasteiger partial charge in [-0.25, -0.2) is 0 Å². The van der Waals surface area contributed by atoms with E-state index in [1.54, 1.807) is 0 Å². The number of allylic oxidation sites excluding steroid dienone is 14. The molecule has 81 heavy (non-hydrogen) atoms. The molecule has 0 aliphatic carbocycles. The molecular formula is C75H132O6. The van der Waals surface area contributed by atoms with Crippen molar-refractivity contribution in [2.24, 2.45) is 0 Å². The van der Waals surface area contributed by atoms with E-state index < -0.39 is 6.10 Å². The number of hydrogen-bond acceptors (Lipinski definition) is 6. The summed E-state index contributed by atoms with van der Waals surface area (Å²) in [6.45, 7) is 6.55. The molecule has 0 aromatic rings. The van der Waals surface area contributed by atoms with Crippen LogP contribution in [-0.2, 0) is 28.6 Å². The quantitative estimate of drug-likeness (QED) is 0.0261. The van der Waals surface area contributed by atoms with Gasteiger partial charge in [-0.05, 0) is 96.3 Å². The van der Waals surface area contributed by atoms with Crippen molar-refractivity contribution in [3.05, 3.63) is 85.1 Å². The van der Waals surface area contributed by atoms with Gasteiger partial charge in [-0.3, -0.25) is 14.4 Å². The van der Waals surface area contributed by atoms with Gasteiger partial charge in [0, 0.05) is 19.3 Å². The monoisotopic (exact) mass is 1130 g/mol. The maximum absolute atomic E-state index is 13.0. The van der Waals surface area contributed by atoms with Crippen LogP contribution in [0.3, 0.4) is 0 Å². The molecule has 0 aromatic heterocycles. The van der Waals surface area contributed by atoms with Crippen molar-refractivity contribution in [2.45, 2.75) is 361 Å². The smallest absolute Gasteiger partial charge is 0.306 e. The highest BCUT2D eigenvalue weighted by Crippen LogP contribution is 2.18. The standard InChI is InChI=1S/C75H132O6/c1-4-7-10-13-16-19-22-25-28-30-32-34-36-38-40-41-43-45-47-50-53-56-59-62-65-68-74(77)80-71-72(70-79-73(76)67-64-61-58-55-52-49-27-24-21-18-15-12-9-6-3)81-75(78)69-66-63-60-57-54-51-48-46-44-42-39-37-35-33-31-29-26-23-20-17-14-11-8-5-2/h7,10,16,19,24-25,27-28,32,34,38,40,43,45,72H,4-6,8-9,11-15,17-18,20-23,26,29-31,33,35-37,39,41-42,44,46-71H2,1-3H3/b10-7-,19-16-,27-24-,28-25-,34-32-,40-38-,45-43-. The maximum atomic E-state index is 13.0. The minimum atomic E-state index is -0.787. The van der Waals surface area contributed by atoms with Gasteiger partial charge in [0.25, 0.3) is 0 Å². The Balaban J connectivity index is 4.33. The van der Waals surface area contributed by atoms with E-state index in [0.717, 1.165) is 116 Å². The Hall–Kier alpha value is -3.41. The molecule has 0 N–H and O–H groups in total. The first-order chi connectivity index (χ1) is 40.0. The fourth-order valence-corrected chi connectivity index (χ4v) is 10.2. The van der Waals surface area contributed by atoms with E-state index in [4.69, 9.17) is 14.2 Å². The molecule has 6 heteroatoms. The zero-order chi connectivity index (χ0) is 58.5. The SMILES string of the molecule is CC/C=C\C/C=C\C/C=C\C/C=C\C/C=C\C/C=C\CCCCCCCCC(=O)OCC(COC(=O)CCCCCCC/C=C\CCCCCCC)OC(=O)CCCCCCCCCCCCCCCCCCCCCCCCCC. The highest BCUT2D eigenvalue weighted by molar-refractivity contribution is 5.71. The number of unbranched alkanes of at least 4 members (excludes halogenated alkanes) is 39. The Labute approximate surface area is 503 Å². The molecule has 0 spiro atoms. The van der Waals surface area contributed by atoms with Crippen molar-refractivity contribution < 1.29 is 28.6 Å². The van der Waals surface area contributed by atoms with Gasteiger partial charge in [0.15, 0.2) is 6.10 Å². The van der Waals surface area contributed by atoms with Gasteiger partial charge in [-0.1, -0.05) is 324 Å². The molecule has 0 radical (unpaired) electrons. The van der Waals surface area contributed by atoms with Crippen LogP contribution < -0.4 is 0 Å². The molecule has 0 fully saturated rings. The minimum absolute atomic E-state index is 0.0825. The van der Waals surface area contributed by atoms with E-state index in [0.29, 0.717) is 19.3 Å². The van der Waals surface area contributed by atoms with Crippen molar-refractivity contribution >= 4 is 17.9 Å². The van der Waals surface area contributed by atoms with Gasteiger partial charge >= 0.3 is 17.9 Å². The van der Waals surface area contributed by atoms with E-state index in [1.165, 1.54) is 199 Å². The lowest BCUT2D eigenvalue weighted by Gasteiger charge is -2.18. The predicted octanol–water partition coefficient (Wildman–Crippen LogP) is 24.2. The average Bonchev–Trinajstić information content (AvgIpc) is 3.47. The van der Waals surface area contributed by atoms with E-state index in [9.17, 15) is 14.4 Å². The highest BCUT2D eigenvalue weighted by Gasteiger charge is 2.19. The third kappa shape index (κ3) is 67.3. The summed E-state index contributed by atoms with van der Waals surface area (Å²) in [5, 5.41) is 0. The number of carbonyl (C=O) groups is 3. The molecule has 468 valence electrons. The number of esters is 3. The Bertz CT molecular complexity index is 1530. The van der Waals surface area contributed by atoms with Crippen molar-refractivity contribution in [3.8, 4) is 0 Å². The topological polar surface area (TPSA) is 78.9 Å². The second kappa shape index (κ2) is 69.1. The minimum Gasteiger partial charge on any atom is -0.462 e. The molecule has 0 rings (SSSR count). The zero-order valence-corrected chi connectivity index (χ0v) is 53.8. The molecule has 6 nitrogen and oxygen atoms in total. The molecule has 0 amide bonds. The predicted molar refractivity (Wildman–Crippen MR) is 353 cm³/mol. The van der Waals surface area contributed by atoms with Gasteiger partial charge in [0.2, 0.25) is 0 Å². The second-order valence-electron chi connectivity index (χ2n) is 23.4. The van der Waals surface area contributed by atoms with Gasteiger partial charge in [0.1, 0.15) is 13.2 Å². The average molecular weight is 1130 g/mol. The van der Waals surface area contributed by atoms with Gasteiger partial charge in [-0.15, -0.1) is 0 Å². The van der Waals surface area contributed by atoms with E-state index in [1.807, 2.05) is 0 Å². The maximum Gasteiger partial charge on any atom is 0.306 e. The van der Waals surface area contributed by atoms with E-state index in [-0.39, 0.29) is 31.1 Å². The largest absolute Gasteiger partial charge is 0.462 e. The molecule has 0 aliphatic heterocycles. The summed E-state index contributed by atoms with van der Waals surface area (Å²) in [5.74, 6) is -0.886. The van der Waals surface area contributed by atoms with Gasteiger partial charge in [0.05, 0.1) is 0 Å². The highest BCUT2D eigenvalue weighted by atomic mass is 16.6. The summed E-state index contributed by atoms with van der Waals surface area (Å²) in [7, 11) is 0. The number of rotatable bonds is 64. The van der Waals surface area contributed by atoms with Gasteiger partial charge in [-0.2, -0.15) is 0 Å². The summed E-state index contributed by atoms with van der Waals surface area (Å²) in [4.78, 5) is 38.4. The lowest BCUT2D eigenvalue weighted by atomic mass is 10.0. The molecular weight excluding hydrogens is 997 g/mol. The Morgan fingerprint density at radius 2 is 0.481 bits per heavy atom. The molecule has 0 saturated carbocycles. The van der Waals surface area contributed by atoms with Crippen LogP contribution in [-0.4, -0.2) is 37.2 Å². The van der Waals surface area contributed by atoms with Crippen LogP contribution in [0.5, 0.6) is 0 Å². The molecule has 0 heterocycles. The van der Waals surface area contributed by atoms with Crippen molar-refractivity contribution in [1.29, 1.82) is 0 Å². The Morgan fingerprint density at radius 1 is 0.259 bits per heavy atom. The van der Waals surface area contributed by atoms with Crippen LogP contribution in [0.25, 0.3) is 0 Å². The first-order valence-corrected chi connectivity index (χ1v) is 35.1. The second-order valence-corrected chi connectivity index (χ2v) is 23.4. The fourth-order valence-electron chi connectivity index (χ4n) is 10.2. The van der Waals surface area contributed by atoms with Crippen LogP contribution in [0, 0.1) is 0 Å². The van der Waals surface area contributed by atoms with Crippen LogP contribution in [0.4, 0.5) is 0 Å². The molecule has 0 aromatic carbocycles. The summed E-state index contributed by atoms with van der Waals surface area (Å²) in [5.41, 5.74) is 0. The summed E-state index contributed by atoms with van der Waals surface area (Å²) < 4.78 is 17.0. The van der Waals surface area contributed by atoms with E-state index >= 15 is 0 Å².